The van der Waals surface area contributed by atoms with Crippen LogP contribution < -0.4 is 15.5 Å². The summed E-state index contributed by atoms with van der Waals surface area (Å²) in [6.07, 6.45) is 1.97. The van der Waals surface area contributed by atoms with Gasteiger partial charge in [0.2, 0.25) is 5.50 Å². The largest absolute Gasteiger partial charge is 0.371 e. The minimum absolute atomic E-state index is 0.0729. The van der Waals surface area contributed by atoms with Gasteiger partial charge in [0.1, 0.15) is 0 Å². The van der Waals surface area contributed by atoms with Crippen molar-refractivity contribution in [2.45, 2.75) is 18.3 Å². The summed E-state index contributed by atoms with van der Waals surface area (Å²) in [6, 6.07) is 8.64. The van der Waals surface area contributed by atoms with E-state index in [0.29, 0.717) is 25.4 Å². The zero-order valence-corrected chi connectivity index (χ0v) is 18.9. The van der Waals surface area contributed by atoms with Crippen LogP contribution in [0.5, 0.6) is 0 Å². The molecule has 3 fully saturated rings. The maximum atomic E-state index is 14.1. The van der Waals surface area contributed by atoms with Gasteiger partial charge in [-0.2, -0.15) is 0 Å². The van der Waals surface area contributed by atoms with Crippen molar-refractivity contribution >= 4 is 39.8 Å². The summed E-state index contributed by atoms with van der Waals surface area (Å²) >= 11 is 0.999. The van der Waals surface area contributed by atoms with Crippen LogP contribution in [0.4, 0.5) is 15.8 Å². The molecule has 3 aliphatic heterocycles. The van der Waals surface area contributed by atoms with Gasteiger partial charge in [0.05, 0.1) is 0 Å². The zero-order chi connectivity index (χ0) is 21.1. The molecule has 30 heavy (non-hydrogen) atoms. The number of rotatable bonds is 6. The minimum Gasteiger partial charge on any atom is -0.371 e. The molecule has 0 aliphatic carbocycles. The van der Waals surface area contributed by atoms with E-state index in [4.69, 9.17) is 5.73 Å². The molecule has 0 aromatic heterocycles. The lowest BCUT2D eigenvalue weighted by Gasteiger charge is -2.29. The second-order valence-electron chi connectivity index (χ2n) is 8.51. The Balaban J connectivity index is 1.33. The lowest BCUT2D eigenvalue weighted by Crippen LogP contribution is -2.38. The van der Waals surface area contributed by atoms with E-state index in [1.165, 1.54) is 11.4 Å². The van der Waals surface area contributed by atoms with E-state index in [9.17, 15) is 13.4 Å². The third-order valence-corrected chi connectivity index (χ3v) is 8.76. The summed E-state index contributed by atoms with van der Waals surface area (Å²) in [7, 11) is -0.666. The van der Waals surface area contributed by atoms with Gasteiger partial charge < -0.3 is 20.4 Å². The fraction of sp³-hybridized carbons (Fsp3) is 0.667. The Kier molecular flexibility index (Phi) is 6.89. The highest BCUT2D eigenvalue weighted by atomic mass is 32.2. The lowest BCUT2D eigenvalue weighted by molar-refractivity contribution is -0.132. The number of nitrogens with two attached hydrogens (primary N) is 1. The summed E-state index contributed by atoms with van der Waals surface area (Å²) in [5.74, 6) is 1.56. The average Bonchev–Trinajstić information content (AvgIpc) is 3.39. The third kappa shape index (κ3) is 4.78. The normalized spacial score (nSPS) is 26.0. The molecule has 2 unspecified atom stereocenters. The molecule has 1 aromatic carbocycles. The van der Waals surface area contributed by atoms with Crippen LogP contribution in [0.2, 0.25) is 0 Å². The summed E-state index contributed by atoms with van der Waals surface area (Å²) in [5.41, 5.74) is 6.38. The average molecular weight is 455 g/mol. The first-order valence-electron chi connectivity index (χ1n) is 10.7. The molecule has 2 atom stereocenters. The van der Waals surface area contributed by atoms with Crippen molar-refractivity contribution in [1.82, 2.24) is 4.90 Å². The number of hydrogen-bond donors (Lipinski definition) is 1. The van der Waals surface area contributed by atoms with Crippen molar-refractivity contribution in [3.05, 3.63) is 24.3 Å². The Morgan fingerprint density at radius 2 is 1.70 bits per heavy atom. The van der Waals surface area contributed by atoms with Crippen molar-refractivity contribution in [3.63, 3.8) is 0 Å². The molecule has 1 spiro atoms. The van der Waals surface area contributed by atoms with Gasteiger partial charge in [-0.15, -0.1) is 11.8 Å². The number of carbonyl (C=O) groups excluding carboxylic acids is 1. The standard InChI is InChI=1S/C21H31FN4O2S2/c22-19(29-12-7-23)20(27)26-9-6-21(16-26)5-8-25(15-21)18-3-1-17(2-4-18)24-10-13-30(28)14-11-24/h1-4,19H,5-16,23H2. The van der Waals surface area contributed by atoms with E-state index in [-0.39, 0.29) is 5.41 Å². The van der Waals surface area contributed by atoms with E-state index in [1.54, 1.807) is 4.90 Å². The highest BCUT2D eigenvalue weighted by Crippen LogP contribution is 2.42. The van der Waals surface area contributed by atoms with Crippen LogP contribution in [0.25, 0.3) is 0 Å². The van der Waals surface area contributed by atoms with Crippen LogP contribution in [0.3, 0.4) is 0 Å². The lowest BCUT2D eigenvalue weighted by atomic mass is 9.86. The van der Waals surface area contributed by atoms with E-state index >= 15 is 0 Å². The van der Waals surface area contributed by atoms with Crippen molar-refractivity contribution in [2.75, 3.05) is 72.9 Å². The van der Waals surface area contributed by atoms with Crippen LogP contribution in [0.15, 0.2) is 24.3 Å². The summed E-state index contributed by atoms with van der Waals surface area (Å²) < 4.78 is 25.7. The van der Waals surface area contributed by atoms with Crippen molar-refractivity contribution in [2.24, 2.45) is 11.1 Å². The number of hydrogen-bond acceptors (Lipinski definition) is 6. The Morgan fingerprint density at radius 3 is 2.37 bits per heavy atom. The van der Waals surface area contributed by atoms with E-state index < -0.39 is 22.2 Å². The number of likely N-dealkylation sites (tertiary alicyclic amines) is 1. The molecule has 4 rings (SSSR count). The number of halogens is 1. The van der Waals surface area contributed by atoms with Crippen molar-refractivity contribution < 1.29 is 13.4 Å². The van der Waals surface area contributed by atoms with Gasteiger partial charge in [0, 0.05) is 90.7 Å². The van der Waals surface area contributed by atoms with Gasteiger partial charge >= 0.3 is 0 Å². The Hall–Kier alpha value is -1.32. The molecule has 6 nitrogen and oxygen atoms in total. The van der Waals surface area contributed by atoms with Crippen LogP contribution >= 0.6 is 11.8 Å². The maximum absolute atomic E-state index is 14.1. The monoisotopic (exact) mass is 454 g/mol. The Labute approximate surface area is 184 Å². The molecule has 0 radical (unpaired) electrons. The fourth-order valence-corrected chi connectivity index (χ4v) is 6.46. The van der Waals surface area contributed by atoms with Crippen LogP contribution in [0.1, 0.15) is 12.8 Å². The van der Waals surface area contributed by atoms with Crippen LogP contribution in [-0.2, 0) is 15.6 Å². The molecule has 3 saturated heterocycles. The molecule has 0 saturated carbocycles. The van der Waals surface area contributed by atoms with E-state index in [2.05, 4.69) is 34.1 Å². The highest BCUT2D eigenvalue weighted by Gasteiger charge is 2.45. The second kappa shape index (κ2) is 9.44. The number of benzene rings is 1. The van der Waals surface area contributed by atoms with Gasteiger partial charge in [-0.25, -0.2) is 4.39 Å². The highest BCUT2D eigenvalue weighted by molar-refractivity contribution is 8.00. The van der Waals surface area contributed by atoms with Gasteiger partial charge in [0.15, 0.2) is 0 Å². The molecule has 3 aliphatic rings. The number of alkyl halides is 1. The van der Waals surface area contributed by atoms with Gasteiger partial charge in [0.25, 0.3) is 5.91 Å². The molecule has 166 valence electrons. The molecule has 3 heterocycles. The fourth-order valence-electron chi connectivity index (χ4n) is 4.77. The van der Waals surface area contributed by atoms with Gasteiger partial charge in [-0.1, -0.05) is 0 Å². The molecule has 9 heteroatoms. The number of carbonyl (C=O) groups is 1. The molecule has 1 amide bonds. The smallest absolute Gasteiger partial charge is 0.267 e. The molecule has 1 aromatic rings. The van der Waals surface area contributed by atoms with E-state index in [1.807, 2.05) is 0 Å². The zero-order valence-electron chi connectivity index (χ0n) is 17.3. The quantitative estimate of drug-likeness (QED) is 0.705. The molecular formula is C21H31FN4O2S2. The summed E-state index contributed by atoms with van der Waals surface area (Å²) in [5, 5.41) is 0. The first kappa shape index (κ1) is 21.9. The Bertz CT molecular complexity index is 771. The van der Waals surface area contributed by atoms with Crippen LogP contribution in [-0.4, -0.2) is 83.6 Å². The first-order valence-corrected chi connectivity index (χ1v) is 13.2. The Morgan fingerprint density at radius 1 is 1.07 bits per heavy atom. The predicted octanol–water partition coefficient (Wildman–Crippen LogP) is 1.67. The molecule has 0 bridgehead atoms. The number of anilines is 2. The minimum atomic E-state index is -1.50. The predicted molar refractivity (Wildman–Crippen MR) is 123 cm³/mol. The summed E-state index contributed by atoms with van der Waals surface area (Å²) in [6.45, 7) is 5.24. The van der Waals surface area contributed by atoms with Crippen molar-refractivity contribution in [1.29, 1.82) is 0 Å². The second-order valence-corrected chi connectivity index (χ2v) is 11.4. The molecular weight excluding hydrogens is 423 g/mol. The number of amides is 1. The SMILES string of the molecule is NCCSC(F)C(=O)N1CCC2(CCN(c3ccc(N4CCS(=O)CC4)cc3)C2)C1. The summed E-state index contributed by atoms with van der Waals surface area (Å²) in [4.78, 5) is 18.8. The van der Waals surface area contributed by atoms with Crippen LogP contribution in [0, 0.1) is 5.41 Å². The topological polar surface area (TPSA) is 69.9 Å². The van der Waals surface area contributed by atoms with E-state index in [0.717, 1.165) is 62.3 Å². The first-order chi connectivity index (χ1) is 14.5. The third-order valence-electron chi connectivity index (χ3n) is 6.52. The number of thioether (sulfide) groups is 1. The van der Waals surface area contributed by atoms with Crippen molar-refractivity contribution in [3.8, 4) is 0 Å². The van der Waals surface area contributed by atoms with Gasteiger partial charge in [-0.05, 0) is 37.1 Å². The van der Waals surface area contributed by atoms with Gasteiger partial charge in [-0.3, -0.25) is 9.00 Å². The maximum Gasteiger partial charge on any atom is 0.267 e. The molecule has 2 N–H and O–H groups in total. The number of nitrogens with zero attached hydrogens (tertiary/aromatic N) is 3.